The lowest BCUT2D eigenvalue weighted by Gasteiger charge is -2.37. The van der Waals surface area contributed by atoms with Crippen molar-refractivity contribution in [2.75, 3.05) is 13.1 Å². The SMILES string of the molecule is Cc1cn2cc(-c3ccc4nc(C5(F)CCN(C(C)C)CC5)[nH]c(=O)c4c3)cc(F)c2n1. The molecule has 1 aromatic carbocycles. The molecule has 0 unspecified atom stereocenters. The van der Waals surface area contributed by atoms with Crippen LogP contribution in [0.5, 0.6) is 0 Å². The number of hydrogen-bond acceptors (Lipinski definition) is 4. The first-order valence-corrected chi connectivity index (χ1v) is 10.9. The molecule has 1 saturated heterocycles. The minimum atomic E-state index is -1.65. The number of nitrogens with zero attached hydrogens (tertiary/aromatic N) is 4. The van der Waals surface area contributed by atoms with E-state index in [1.807, 2.05) is 0 Å². The van der Waals surface area contributed by atoms with Gasteiger partial charge in [-0.15, -0.1) is 0 Å². The Morgan fingerprint density at radius 2 is 1.84 bits per heavy atom. The summed E-state index contributed by atoms with van der Waals surface area (Å²) in [6.07, 6.45) is 4.10. The number of alkyl halides is 1. The van der Waals surface area contributed by atoms with Crippen molar-refractivity contribution in [2.24, 2.45) is 0 Å². The molecule has 1 fully saturated rings. The molecule has 0 amide bonds. The number of benzene rings is 1. The van der Waals surface area contributed by atoms with Crippen LogP contribution in [0.25, 0.3) is 27.7 Å². The third-order valence-corrected chi connectivity index (χ3v) is 6.41. The molecule has 0 aliphatic carbocycles. The van der Waals surface area contributed by atoms with E-state index in [0.29, 0.717) is 59.7 Å². The number of aromatic amines is 1. The first-order chi connectivity index (χ1) is 15.2. The van der Waals surface area contributed by atoms with Gasteiger partial charge in [-0.3, -0.25) is 4.79 Å². The number of rotatable bonds is 3. The normalized spacial score (nSPS) is 16.9. The minimum Gasteiger partial charge on any atom is -0.307 e. The van der Waals surface area contributed by atoms with Crippen molar-refractivity contribution in [1.29, 1.82) is 0 Å². The summed E-state index contributed by atoms with van der Waals surface area (Å²) in [6.45, 7) is 7.23. The Kier molecular flexibility index (Phi) is 4.85. The quantitative estimate of drug-likeness (QED) is 0.517. The highest BCUT2D eigenvalue weighted by atomic mass is 19.1. The number of likely N-dealkylation sites (tertiary alicyclic amines) is 1. The summed E-state index contributed by atoms with van der Waals surface area (Å²) in [7, 11) is 0. The van der Waals surface area contributed by atoms with Gasteiger partial charge in [-0.05, 0) is 44.5 Å². The maximum absolute atomic E-state index is 15.7. The maximum atomic E-state index is 15.7. The molecule has 1 aliphatic rings. The van der Waals surface area contributed by atoms with Crippen LogP contribution in [-0.4, -0.2) is 43.4 Å². The van der Waals surface area contributed by atoms with Crippen LogP contribution in [0.4, 0.5) is 8.78 Å². The summed E-state index contributed by atoms with van der Waals surface area (Å²) in [5, 5.41) is 0.344. The smallest absolute Gasteiger partial charge is 0.258 e. The molecule has 166 valence electrons. The standard InChI is InChI=1S/C24H25F2N5O/c1-14(2)30-8-6-24(26,7-9-30)23-28-20-5-4-16(10-18(20)22(32)29-23)17-11-19(25)21-27-15(3)12-31(21)13-17/h4-5,10-14H,6-9H2,1-3H3,(H,28,29,32). The van der Waals surface area contributed by atoms with Crippen LogP contribution in [0, 0.1) is 12.7 Å². The first kappa shape index (κ1) is 20.8. The van der Waals surface area contributed by atoms with Gasteiger partial charge in [-0.25, -0.2) is 18.7 Å². The Labute approximate surface area is 183 Å². The summed E-state index contributed by atoms with van der Waals surface area (Å²) in [4.78, 5) is 26.4. The third kappa shape index (κ3) is 3.48. The second kappa shape index (κ2) is 7.48. The van der Waals surface area contributed by atoms with Crippen LogP contribution in [0.1, 0.15) is 38.2 Å². The van der Waals surface area contributed by atoms with Crippen molar-refractivity contribution in [2.45, 2.75) is 45.3 Å². The van der Waals surface area contributed by atoms with E-state index in [2.05, 4.69) is 33.7 Å². The van der Waals surface area contributed by atoms with Gasteiger partial charge in [-0.2, -0.15) is 0 Å². The summed E-state index contributed by atoms with van der Waals surface area (Å²) in [5.41, 5.74) is 0.641. The van der Waals surface area contributed by atoms with Gasteiger partial charge in [0.25, 0.3) is 5.56 Å². The zero-order valence-electron chi connectivity index (χ0n) is 18.3. The van der Waals surface area contributed by atoms with Crippen molar-refractivity contribution < 1.29 is 8.78 Å². The number of piperidine rings is 1. The lowest BCUT2D eigenvalue weighted by molar-refractivity contribution is 0.0360. The molecule has 0 bridgehead atoms. The van der Waals surface area contributed by atoms with Gasteiger partial charge in [0, 0.05) is 49.9 Å². The lowest BCUT2D eigenvalue weighted by atomic mass is 9.91. The third-order valence-electron chi connectivity index (χ3n) is 6.41. The first-order valence-electron chi connectivity index (χ1n) is 10.9. The van der Waals surface area contributed by atoms with Gasteiger partial charge in [0.15, 0.2) is 17.1 Å². The second-order valence-electron chi connectivity index (χ2n) is 8.93. The molecule has 1 N–H and O–H groups in total. The van der Waals surface area contributed by atoms with E-state index in [1.165, 1.54) is 6.07 Å². The molecule has 0 spiro atoms. The fourth-order valence-electron chi connectivity index (χ4n) is 4.50. The van der Waals surface area contributed by atoms with Crippen molar-refractivity contribution in [3.05, 3.63) is 64.3 Å². The number of pyridine rings is 1. The van der Waals surface area contributed by atoms with Crippen LogP contribution in [0.15, 0.2) is 41.5 Å². The molecular weight excluding hydrogens is 412 g/mol. The molecule has 1 aliphatic heterocycles. The highest BCUT2D eigenvalue weighted by Gasteiger charge is 2.39. The van der Waals surface area contributed by atoms with Crippen LogP contribution in [0.3, 0.4) is 0 Å². The monoisotopic (exact) mass is 437 g/mol. The van der Waals surface area contributed by atoms with Crippen molar-refractivity contribution in [3.8, 4) is 11.1 Å². The van der Waals surface area contributed by atoms with Crippen molar-refractivity contribution >= 4 is 16.6 Å². The second-order valence-corrected chi connectivity index (χ2v) is 8.93. The predicted molar refractivity (Wildman–Crippen MR) is 120 cm³/mol. The number of halogens is 2. The fraction of sp³-hybridized carbons (Fsp3) is 0.375. The number of imidazole rings is 1. The zero-order chi connectivity index (χ0) is 22.6. The molecule has 6 nitrogen and oxygen atoms in total. The van der Waals surface area contributed by atoms with Crippen LogP contribution < -0.4 is 5.56 Å². The number of aromatic nitrogens is 4. The molecule has 0 saturated carbocycles. The number of nitrogens with one attached hydrogen (secondary N) is 1. The van der Waals surface area contributed by atoms with Crippen LogP contribution >= 0.6 is 0 Å². The van der Waals surface area contributed by atoms with E-state index in [4.69, 9.17) is 0 Å². The Morgan fingerprint density at radius 1 is 1.09 bits per heavy atom. The number of hydrogen-bond donors (Lipinski definition) is 1. The average molecular weight is 437 g/mol. The molecule has 3 aromatic heterocycles. The van der Waals surface area contributed by atoms with E-state index in [9.17, 15) is 9.18 Å². The highest BCUT2D eigenvalue weighted by molar-refractivity contribution is 5.84. The van der Waals surface area contributed by atoms with Crippen LogP contribution in [0.2, 0.25) is 0 Å². The van der Waals surface area contributed by atoms with Gasteiger partial charge in [0.1, 0.15) is 5.82 Å². The van der Waals surface area contributed by atoms with Crippen molar-refractivity contribution in [3.63, 3.8) is 0 Å². The van der Waals surface area contributed by atoms with E-state index in [0.717, 1.165) is 0 Å². The van der Waals surface area contributed by atoms with E-state index in [-0.39, 0.29) is 11.5 Å². The topological polar surface area (TPSA) is 66.3 Å². The maximum Gasteiger partial charge on any atom is 0.258 e. The molecule has 8 heteroatoms. The van der Waals surface area contributed by atoms with Crippen molar-refractivity contribution in [1.82, 2.24) is 24.3 Å². The fourth-order valence-corrected chi connectivity index (χ4v) is 4.50. The summed E-state index contributed by atoms with van der Waals surface area (Å²) < 4.78 is 31.8. The van der Waals surface area contributed by atoms with Gasteiger partial charge >= 0.3 is 0 Å². The molecule has 4 aromatic rings. The van der Waals surface area contributed by atoms with Gasteiger partial charge in [-0.1, -0.05) is 6.07 Å². The molecule has 5 rings (SSSR count). The minimum absolute atomic E-state index is 0.0903. The largest absolute Gasteiger partial charge is 0.307 e. The van der Waals surface area contributed by atoms with Gasteiger partial charge in [0.2, 0.25) is 0 Å². The summed E-state index contributed by atoms with van der Waals surface area (Å²) >= 11 is 0. The number of aryl methyl sites for hydroxylation is 1. The molecule has 4 heterocycles. The lowest BCUT2D eigenvalue weighted by Crippen LogP contribution is -2.44. The van der Waals surface area contributed by atoms with E-state index < -0.39 is 17.0 Å². The predicted octanol–water partition coefficient (Wildman–Crippen LogP) is 4.35. The Bertz CT molecular complexity index is 1380. The molecule has 0 atom stereocenters. The zero-order valence-corrected chi connectivity index (χ0v) is 18.3. The van der Waals surface area contributed by atoms with Crippen LogP contribution in [-0.2, 0) is 5.67 Å². The highest BCUT2D eigenvalue weighted by Crippen LogP contribution is 2.35. The van der Waals surface area contributed by atoms with Gasteiger partial charge < -0.3 is 14.3 Å². The summed E-state index contributed by atoms with van der Waals surface area (Å²) in [5.74, 6) is -0.349. The van der Waals surface area contributed by atoms with Gasteiger partial charge in [0.05, 0.1) is 16.6 Å². The van der Waals surface area contributed by atoms with E-state index in [1.54, 1.807) is 41.9 Å². The Balaban J connectivity index is 1.52. The summed E-state index contributed by atoms with van der Waals surface area (Å²) in [6, 6.07) is 6.89. The number of fused-ring (bicyclic) bond motifs is 2. The molecular formula is C24H25F2N5O. The number of H-pyrrole nitrogens is 1. The molecule has 0 radical (unpaired) electrons. The average Bonchev–Trinajstić information content (AvgIpc) is 3.14. The Morgan fingerprint density at radius 3 is 2.56 bits per heavy atom. The molecule has 32 heavy (non-hydrogen) atoms. The van der Waals surface area contributed by atoms with E-state index >= 15 is 4.39 Å². The Hall–Kier alpha value is -3.13.